The molecule has 0 unspecified atom stereocenters. The number of aryl methyl sites for hydroxylation is 1. The number of piperidine rings is 1. The molecule has 3 aliphatic heterocycles. The van der Waals surface area contributed by atoms with Crippen LogP contribution in [0.2, 0.25) is 0 Å². The Morgan fingerprint density at radius 1 is 1.02 bits per heavy atom. The molecule has 0 saturated carbocycles. The number of likely N-dealkylation sites (tertiary alicyclic amines) is 1. The first-order valence-electron chi connectivity index (χ1n) is 17.7. The van der Waals surface area contributed by atoms with E-state index >= 15 is 0 Å². The molecule has 0 bridgehead atoms. The lowest BCUT2D eigenvalue weighted by molar-refractivity contribution is 0.0725. The molecule has 3 aliphatic rings. The monoisotopic (exact) mass is 678 g/mol. The Morgan fingerprint density at radius 2 is 1.88 bits per heavy atom. The van der Waals surface area contributed by atoms with E-state index in [1.807, 2.05) is 25.1 Å². The highest BCUT2D eigenvalue weighted by atomic mass is 19.1. The summed E-state index contributed by atoms with van der Waals surface area (Å²) in [4.78, 5) is 40.2. The van der Waals surface area contributed by atoms with E-state index in [9.17, 15) is 14.3 Å². The molecule has 5 aromatic rings. The number of anilines is 1. The molecular formula is C37H43FN10O2. The van der Waals surface area contributed by atoms with Crippen molar-refractivity contribution in [3.63, 3.8) is 0 Å². The first-order valence-corrected chi connectivity index (χ1v) is 17.7. The molecule has 3 aromatic heterocycles. The number of fused-ring (bicyclic) bond motifs is 2. The number of nitrogens with one attached hydrogen (secondary N) is 2. The van der Waals surface area contributed by atoms with Crippen molar-refractivity contribution in [1.82, 2.24) is 44.8 Å². The summed E-state index contributed by atoms with van der Waals surface area (Å²) in [6, 6.07) is 9.34. The Labute approximate surface area is 290 Å². The fourth-order valence-electron chi connectivity index (χ4n) is 7.76. The molecule has 8 rings (SSSR count). The van der Waals surface area contributed by atoms with Gasteiger partial charge in [-0.05, 0) is 86.8 Å². The summed E-state index contributed by atoms with van der Waals surface area (Å²) in [5.41, 5.74) is 6.02. The highest BCUT2D eigenvalue weighted by Gasteiger charge is 2.28. The molecule has 260 valence electrons. The maximum Gasteiger partial charge on any atom is 0.274 e. The number of aromatic amines is 2. The zero-order valence-electron chi connectivity index (χ0n) is 28.6. The molecule has 2 aromatic carbocycles. The third kappa shape index (κ3) is 6.20. The number of aromatic nitrogens is 6. The number of nitrogens with zero attached hydrogens (tertiary/aromatic N) is 8. The van der Waals surface area contributed by atoms with Crippen molar-refractivity contribution in [2.45, 2.75) is 51.6 Å². The minimum absolute atomic E-state index is 0.148. The highest BCUT2D eigenvalue weighted by molar-refractivity contribution is 5.94. The van der Waals surface area contributed by atoms with Crippen LogP contribution in [0.15, 0.2) is 42.7 Å². The van der Waals surface area contributed by atoms with Gasteiger partial charge in [0.05, 0.1) is 35.8 Å². The fraction of sp³-hybridized carbons (Fsp3) is 0.432. The van der Waals surface area contributed by atoms with E-state index in [0.29, 0.717) is 49.2 Å². The standard InChI is InChI=1S/C37H43FN10O2/c1-3-23-18-33(49)28(38)19-27(23)24-5-6-26-30(17-24)43-44-35(26)36-41-29-9-14-48(22-32(29)42-36)37(50)31-20-40-34(21-39-31)47-11-4-10-46(15-16-47)25-7-12-45(2)13-8-25/h5-6,17-21,25,49H,3-4,7-16,22H2,1-2H3,(H,41,42)(H,43,44). The number of benzene rings is 2. The van der Waals surface area contributed by atoms with Gasteiger partial charge in [0.1, 0.15) is 17.2 Å². The van der Waals surface area contributed by atoms with Crippen LogP contribution >= 0.6 is 0 Å². The quantitative estimate of drug-likeness (QED) is 0.235. The number of phenols is 1. The Morgan fingerprint density at radius 3 is 2.68 bits per heavy atom. The predicted molar refractivity (Wildman–Crippen MR) is 190 cm³/mol. The normalized spacial score (nSPS) is 18.1. The second kappa shape index (κ2) is 13.4. The predicted octanol–water partition coefficient (Wildman–Crippen LogP) is 4.62. The molecule has 2 saturated heterocycles. The lowest BCUT2D eigenvalue weighted by Gasteiger charge is -2.36. The number of halogens is 1. The van der Waals surface area contributed by atoms with Crippen molar-refractivity contribution < 1.29 is 14.3 Å². The van der Waals surface area contributed by atoms with Gasteiger partial charge in [0.2, 0.25) is 0 Å². The van der Waals surface area contributed by atoms with Gasteiger partial charge in [-0.1, -0.05) is 13.0 Å². The molecule has 50 heavy (non-hydrogen) atoms. The first-order chi connectivity index (χ1) is 24.3. The average Bonchev–Trinajstić information content (AvgIpc) is 3.68. The van der Waals surface area contributed by atoms with Crippen LogP contribution in [-0.4, -0.2) is 115 Å². The van der Waals surface area contributed by atoms with Gasteiger partial charge in [0.25, 0.3) is 5.91 Å². The lowest BCUT2D eigenvalue weighted by Crippen LogP contribution is -2.45. The van der Waals surface area contributed by atoms with Gasteiger partial charge in [-0.25, -0.2) is 19.3 Å². The third-order valence-electron chi connectivity index (χ3n) is 10.7. The zero-order valence-corrected chi connectivity index (χ0v) is 28.6. The van der Waals surface area contributed by atoms with E-state index in [1.165, 1.54) is 38.1 Å². The summed E-state index contributed by atoms with van der Waals surface area (Å²) in [7, 11) is 2.21. The molecule has 1 amide bonds. The number of carbonyl (C=O) groups is 1. The molecular weight excluding hydrogens is 635 g/mol. The number of imidazole rings is 1. The maximum atomic E-state index is 14.3. The van der Waals surface area contributed by atoms with E-state index < -0.39 is 5.82 Å². The zero-order chi connectivity index (χ0) is 34.4. The van der Waals surface area contributed by atoms with Crippen LogP contribution in [0, 0.1) is 5.82 Å². The molecule has 0 radical (unpaired) electrons. The van der Waals surface area contributed by atoms with Crippen LogP contribution in [0.1, 0.15) is 53.6 Å². The minimum Gasteiger partial charge on any atom is -0.505 e. The van der Waals surface area contributed by atoms with Gasteiger partial charge >= 0.3 is 0 Å². The fourth-order valence-corrected chi connectivity index (χ4v) is 7.76. The van der Waals surface area contributed by atoms with E-state index in [2.05, 4.69) is 41.9 Å². The maximum absolute atomic E-state index is 14.3. The topological polar surface area (TPSA) is 133 Å². The number of phenolic OH excluding ortho intramolecular Hbond substituents is 1. The van der Waals surface area contributed by atoms with E-state index in [1.54, 1.807) is 17.3 Å². The molecule has 0 atom stereocenters. The number of amides is 1. The summed E-state index contributed by atoms with van der Waals surface area (Å²) >= 11 is 0. The van der Waals surface area contributed by atoms with Gasteiger partial charge in [-0.2, -0.15) is 5.10 Å². The number of carbonyl (C=O) groups excluding carboxylic acids is 1. The Hall–Kier alpha value is -4.88. The van der Waals surface area contributed by atoms with Crippen LogP contribution in [0.4, 0.5) is 10.2 Å². The van der Waals surface area contributed by atoms with Gasteiger partial charge < -0.3 is 24.8 Å². The second-order valence-electron chi connectivity index (χ2n) is 13.8. The van der Waals surface area contributed by atoms with Crippen LogP contribution in [-0.2, 0) is 19.4 Å². The SMILES string of the molecule is CCc1cc(O)c(F)cc1-c1ccc2c(-c3nc4c([nH]3)CN(C(=O)c3cnc(N5CCCN(C6CCN(C)CC6)CC5)cn3)CC4)n[nH]c2c1. The van der Waals surface area contributed by atoms with Crippen molar-refractivity contribution >= 4 is 22.6 Å². The van der Waals surface area contributed by atoms with E-state index in [4.69, 9.17) is 9.97 Å². The molecule has 2 fully saturated rings. The first kappa shape index (κ1) is 32.3. The van der Waals surface area contributed by atoms with Crippen molar-refractivity contribution in [1.29, 1.82) is 0 Å². The largest absolute Gasteiger partial charge is 0.505 e. The van der Waals surface area contributed by atoms with Gasteiger partial charge in [0.15, 0.2) is 17.4 Å². The van der Waals surface area contributed by atoms with Gasteiger partial charge in [-0.15, -0.1) is 0 Å². The van der Waals surface area contributed by atoms with Crippen LogP contribution in [0.5, 0.6) is 5.75 Å². The van der Waals surface area contributed by atoms with Gasteiger partial charge in [0, 0.05) is 50.6 Å². The van der Waals surface area contributed by atoms with Gasteiger partial charge in [-0.3, -0.25) is 14.8 Å². The number of aromatic hydroxyl groups is 1. The number of hydrogen-bond donors (Lipinski definition) is 3. The number of rotatable bonds is 6. The van der Waals surface area contributed by atoms with Crippen LogP contribution < -0.4 is 4.90 Å². The summed E-state index contributed by atoms with van der Waals surface area (Å²) in [5.74, 6) is 0.309. The van der Waals surface area contributed by atoms with Crippen molar-refractivity contribution in [2.75, 3.05) is 57.8 Å². The highest BCUT2D eigenvalue weighted by Crippen LogP contribution is 2.34. The molecule has 12 nitrogen and oxygen atoms in total. The summed E-state index contributed by atoms with van der Waals surface area (Å²) in [5, 5.41) is 18.4. The summed E-state index contributed by atoms with van der Waals surface area (Å²) < 4.78 is 14.3. The minimum atomic E-state index is -0.650. The Bertz CT molecular complexity index is 2020. The molecule has 0 spiro atoms. The smallest absolute Gasteiger partial charge is 0.274 e. The number of H-pyrrole nitrogens is 2. The molecule has 6 heterocycles. The molecule has 3 N–H and O–H groups in total. The van der Waals surface area contributed by atoms with Crippen LogP contribution in [0.25, 0.3) is 33.5 Å². The van der Waals surface area contributed by atoms with Crippen molar-refractivity contribution in [2.24, 2.45) is 0 Å². The summed E-state index contributed by atoms with van der Waals surface area (Å²) in [6.45, 7) is 9.22. The molecule has 13 heteroatoms. The third-order valence-corrected chi connectivity index (χ3v) is 10.7. The number of hydrogen-bond acceptors (Lipinski definition) is 9. The second-order valence-corrected chi connectivity index (χ2v) is 13.8. The van der Waals surface area contributed by atoms with Crippen LogP contribution in [0.3, 0.4) is 0 Å². The summed E-state index contributed by atoms with van der Waals surface area (Å²) in [6.07, 6.45) is 8.19. The van der Waals surface area contributed by atoms with E-state index in [-0.39, 0.29) is 11.7 Å². The Balaban J connectivity index is 0.931. The van der Waals surface area contributed by atoms with Crippen molar-refractivity contribution in [3.8, 4) is 28.4 Å². The van der Waals surface area contributed by atoms with Crippen molar-refractivity contribution in [3.05, 3.63) is 71.2 Å². The van der Waals surface area contributed by atoms with E-state index in [0.717, 1.165) is 77.4 Å². The molecule has 0 aliphatic carbocycles. The Kier molecular flexibility index (Phi) is 8.69. The average molecular weight is 679 g/mol. The lowest BCUT2D eigenvalue weighted by atomic mass is 9.96.